The number of aromatic nitrogens is 1. The Morgan fingerprint density at radius 1 is 1.00 bits per heavy atom. The summed E-state index contributed by atoms with van der Waals surface area (Å²) in [7, 11) is 0. The predicted octanol–water partition coefficient (Wildman–Crippen LogP) is 3.81. The molecule has 1 N–H and O–H groups in total. The third-order valence-electron chi connectivity index (χ3n) is 4.73. The number of nitrogens with one attached hydrogen (secondary N) is 1. The lowest BCUT2D eigenvalue weighted by molar-refractivity contribution is -0.137. The molecule has 0 radical (unpaired) electrons. The number of hydrogen-bond donors (Lipinski definition) is 1. The van der Waals surface area contributed by atoms with Crippen LogP contribution in [0.5, 0.6) is 0 Å². The average molecular weight is 404 g/mol. The Hall–Kier alpha value is -3.36. The number of amides is 2. The summed E-state index contributed by atoms with van der Waals surface area (Å²) in [6, 6.07) is 10.4. The molecule has 150 valence electrons. The van der Waals surface area contributed by atoms with Crippen LogP contribution < -0.4 is 5.32 Å². The number of hydrogen-bond acceptors (Lipinski definition) is 5. The van der Waals surface area contributed by atoms with Crippen molar-refractivity contribution in [3.8, 4) is 0 Å². The van der Waals surface area contributed by atoms with Crippen molar-refractivity contribution >= 4 is 23.0 Å². The summed E-state index contributed by atoms with van der Waals surface area (Å²) in [5, 5.41) is 6.91. The molecule has 0 saturated carbocycles. The molecule has 29 heavy (non-hydrogen) atoms. The van der Waals surface area contributed by atoms with Gasteiger partial charge in [0, 0.05) is 11.8 Å². The lowest BCUT2D eigenvalue weighted by atomic mass is 10.0. The van der Waals surface area contributed by atoms with E-state index in [4.69, 9.17) is 9.26 Å². The summed E-state index contributed by atoms with van der Waals surface area (Å²) >= 11 is 0. The molecule has 0 aliphatic carbocycles. The number of benzene rings is 2. The summed E-state index contributed by atoms with van der Waals surface area (Å²) in [6.45, 7) is 0. The number of cyclic esters (lactones) is 1. The van der Waals surface area contributed by atoms with Crippen molar-refractivity contribution in [1.82, 2.24) is 10.5 Å². The van der Waals surface area contributed by atoms with E-state index in [1.165, 1.54) is 12.1 Å². The second-order valence-corrected chi connectivity index (χ2v) is 6.74. The Kier molecular flexibility index (Phi) is 4.73. The van der Waals surface area contributed by atoms with Gasteiger partial charge in [0.2, 0.25) is 0 Å². The predicted molar refractivity (Wildman–Crippen MR) is 95.0 cm³/mol. The molecule has 1 aromatic heterocycles. The van der Waals surface area contributed by atoms with Crippen molar-refractivity contribution in [2.45, 2.75) is 31.5 Å². The van der Waals surface area contributed by atoms with E-state index in [0.717, 1.165) is 28.6 Å². The summed E-state index contributed by atoms with van der Waals surface area (Å²) in [4.78, 5) is 22.7. The molecule has 2 heterocycles. The zero-order chi connectivity index (χ0) is 20.6. The zero-order valence-corrected chi connectivity index (χ0v) is 15.0. The summed E-state index contributed by atoms with van der Waals surface area (Å²) in [5.74, 6) is -0.482. The number of ether oxygens (including phenoxy) is 1. The first kappa shape index (κ1) is 19.0. The largest absolute Gasteiger partial charge is 0.435 e. The molecule has 6 nitrogen and oxygen atoms in total. The van der Waals surface area contributed by atoms with Gasteiger partial charge in [-0.1, -0.05) is 23.4 Å². The number of halogens is 3. The van der Waals surface area contributed by atoms with Crippen molar-refractivity contribution in [2.24, 2.45) is 0 Å². The van der Waals surface area contributed by atoms with Crippen LogP contribution in [-0.2, 0) is 35.0 Å². The first-order valence-corrected chi connectivity index (χ1v) is 8.84. The van der Waals surface area contributed by atoms with Gasteiger partial charge in [0.1, 0.15) is 0 Å². The monoisotopic (exact) mass is 404 g/mol. The number of carbonyl (C=O) groups is 2. The highest BCUT2D eigenvalue weighted by atomic mass is 19.4. The Morgan fingerprint density at radius 2 is 1.72 bits per heavy atom. The van der Waals surface area contributed by atoms with E-state index in [1.807, 2.05) is 0 Å². The quantitative estimate of drug-likeness (QED) is 0.700. The first-order valence-electron chi connectivity index (χ1n) is 8.84. The maximum absolute atomic E-state index is 12.6. The van der Waals surface area contributed by atoms with E-state index in [2.05, 4.69) is 10.5 Å². The van der Waals surface area contributed by atoms with Crippen LogP contribution in [0.15, 0.2) is 47.0 Å². The second-order valence-electron chi connectivity index (χ2n) is 6.74. The Balaban J connectivity index is 1.44. The van der Waals surface area contributed by atoms with E-state index in [-0.39, 0.29) is 6.42 Å². The van der Waals surface area contributed by atoms with E-state index in [1.54, 1.807) is 18.2 Å². The summed E-state index contributed by atoms with van der Waals surface area (Å²) in [6.07, 6.45) is -4.75. The minimum Gasteiger partial charge on any atom is -0.435 e. The molecule has 2 aromatic carbocycles. The molecule has 3 aromatic rings. The van der Waals surface area contributed by atoms with Gasteiger partial charge < -0.3 is 9.26 Å². The SMILES string of the molecule is O=C1NC(=O)C(Cc2ccc3c(CCc4ccc(C(F)(F)F)cc4)noc3c2)O1. The molecule has 1 aliphatic heterocycles. The van der Waals surface area contributed by atoms with Crippen molar-refractivity contribution in [3.63, 3.8) is 0 Å². The molecule has 0 spiro atoms. The number of fused-ring (bicyclic) bond motifs is 1. The van der Waals surface area contributed by atoms with Gasteiger partial charge in [0.05, 0.1) is 11.3 Å². The van der Waals surface area contributed by atoms with Gasteiger partial charge in [0.15, 0.2) is 11.7 Å². The minimum atomic E-state index is -4.35. The fourth-order valence-electron chi connectivity index (χ4n) is 3.21. The molecule has 1 fully saturated rings. The first-order chi connectivity index (χ1) is 13.8. The lowest BCUT2D eigenvalue weighted by Crippen LogP contribution is -2.25. The highest BCUT2D eigenvalue weighted by Gasteiger charge is 2.32. The third kappa shape index (κ3) is 4.08. The number of alkyl carbamates (subject to hydrolysis) is 1. The fourth-order valence-corrected chi connectivity index (χ4v) is 3.21. The maximum atomic E-state index is 12.6. The van der Waals surface area contributed by atoms with Crippen molar-refractivity contribution in [2.75, 3.05) is 0 Å². The van der Waals surface area contributed by atoms with Crippen molar-refractivity contribution in [3.05, 3.63) is 64.8 Å². The zero-order valence-electron chi connectivity index (χ0n) is 15.0. The minimum absolute atomic E-state index is 0.217. The van der Waals surface area contributed by atoms with Crippen LogP contribution in [0.25, 0.3) is 11.0 Å². The van der Waals surface area contributed by atoms with Crippen molar-refractivity contribution in [1.29, 1.82) is 0 Å². The van der Waals surface area contributed by atoms with Crippen molar-refractivity contribution < 1.29 is 32.0 Å². The van der Waals surface area contributed by atoms with Gasteiger partial charge in [-0.05, 0) is 48.2 Å². The van der Waals surface area contributed by atoms with Crippen LogP contribution in [0.4, 0.5) is 18.0 Å². The van der Waals surface area contributed by atoms with E-state index < -0.39 is 29.8 Å². The van der Waals surface area contributed by atoms with E-state index in [0.29, 0.717) is 24.1 Å². The highest BCUT2D eigenvalue weighted by Crippen LogP contribution is 2.29. The fraction of sp³-hybridized carbons (Fsp3) is 0.250. The van der Waals surface area contributed by atoms with Crippen LogP contribution in [0.1, 0.15) is 22.4 Å². The van der Waals surface area contributed by atoms with Crippen LogP contribution >= 0.6 is 0 Å². The molecule has 1 saturated heterocycles. The molecular formula is C20H15F3N2O4. The molecular weight excluding hydrogens is 389 g/mol. The normalized spacial score (nSPS) is 16.9. The van der Waals surface area contributed by atoms with E-state index in [9.17, 15) is 22.8 Å². The van der Waals surface area contributed by atoms with Crippen LogP contribution in [0.2, 0.25) is 0 Å². The van der Waals surface area contributed by atoms with Crippen LogP contribution in [0.3, 0.4) is 0 Å². The number of aryl methyl sites for hydroxylation is 2. The number of alkyl halides is 3. The molecule has 1 unspecified atom stereocenters. The molecule has 0 bridgehead atoms. The standard InChI is InChI=1S/C20H15F3N2O4/c21-20(22,23)13-5-1-11(2-6-13)4-8-15-14-7-3-12(9-16(14)29-25-15)10-17-18(26)24-19(27)28-17/h1-3,5-7,9,17H,4,8,10H2,(H,24,26,27). The molecule has 4 rings (SSSR count). The Morgan fingerprint density at radius 3 is 2.38 bits per heavy atom. The molecule has 9 heteroatoms. The second kappa shape index (κ2) is 7.23. The molecule has 1 aliphatic rings. The van der Waals surface area contributed by atoms with Gasteiger partial charge in [0.25, 0.3) is 5.91 Å². The lowest BCUT2D eigenvalue weighted by Gasteiger charge is -2.07. The maximum Gasteiger partial charge on any atom is 0.416 e. The highest BCUT2D eigenvalue weighted by molar-refractivity contribution is 6.00. The summed E-state index contributed by atoms with van der Waals surface area (Å²) in [5.41, 5.74) is 2.05. The molecule has 2 amide bonds. The van der Waals surface area contributed by atoms with Gasteiger partial charge >= 0.3 is 12.3 Å². The van der Waals surface area contributed by atoms with E-state index >= 15 is 0 Å². The van der Waals surface area contributed by atoms with Gasteiger partial charge in [-0.25, -0.2) is 4.79 Å². The van der Waals surface area contributed by atoms with Gasteiger partial charge in [-0.2, -0.15) is 13.2 Å². The number of nitrogens with zero attached hydrogens (tertiary/aromatic N) is 1. The van der Waals surface area contributed by atoms with Gasteiger partial charge in [-0.3, -0.25) is 10.1 Å². The molecule has 1 atom stereocenters. The number of carbonyl (C=O) groups excluding carboxylic acids is 2. The Bertz CT molecular complexity index is 1070. The topological polar surface area (TPSA) is 81.4 Å². The average Bonchev–Trinajstić information content (AvgIpc) is 3.21. The summed E-state index contributed by atoms with van der Waals surface area (Å²) < 4.78 is 48.1. The van der Waals surface area contributed by atoms with Crippen LogP contribution in [-0.4, -0.2) is 23.3 Å². The smallest absolute Gasteiger partial charge is 0.416 e. The number of rotatable bonds is 5. The number of imide groups is 1. The van der Waals surface area contributed by atoms with Gasteiger partial charge in [-0.15, -0.1) is 0 Å². The third-order valence-corrected chi connectivity index (χ3v) is 4.73. The van der Waals surface area contributed by atoms with Crippen LogP contribution in [0, 0.1) is 0 Å². The Labute approximate surface area is 162 Å².